The lowest BCUT2D eigenvalue weighted by Crippen LogP contribution is -2.09. The number of ketones is 2. The van der Waals surface area contributed by atoms with Gasteiger partial charge in [0, 0.05) is 17.1 Å². The van der Waals surface area contributed by atoms with Gasteiger partial charge in [-0.2, -0.15) is 11.8 Å². The van der Waals surface area contributed by atoms with Gasteiger partial charge in [0.25, 0.3) is 0 Å². The second-order valence-electron chi connectivity index (χ2n) is 2.55. The summed E-state index contributed by atoms with van der Waals surface area (Å²) in [6.07, 6.45) is 3.91. The minimum Gasteiger partial charge on any atom is -0.396 e. The van der Waals surface area contributed by atoms with Gasteiger partial charge in [-0.1, -0.05) is 0 Å². The van der Waals surface area contributed by atoms with Crippen LogP contribution in [0, 0.1) is 0 Å². The number of carbonyl (C=O) groups is 2. The number of hydrogen-bond acceptors (Lipinski definition) is 4. The summed E-state index contributed by atoms with van der Waals surface area (Å²) in [6.45, 7) is 0.0932. The lowest BCUT2D eigenvalue weighted by Gasteiger charge is -2.05. The second-order valence-corrected chi connectivity index (χ2v) is 3.65. The lowest BCUT2D eigenvalue weighted by molar-refractivity contribution is -0.114. The predicted molar refractivity (Wildman–Crippen MR) is 51.6 cm³/mol. The quantitative estimate of drug-likeness (QED) is 0.523. The Kier molecular flexibility index (Phi) is 3.92. The molecule has 0 saturated heterocycles. The molecule has 0 aromatic rings. The molecule has 3 nitrogen and oxygen atoms in total. The van der Waals surface area contributed by atoms with Crippen molar-refractivity contribution in [1.82, 2.24) is 0 Å². The van der Waals surface area contributed by atoms with Gasteiger partial charge in [-0.25, -0.2) is 0 Å². The summed E-state index contributed by atoms with van der Waals surface area (Å²) in [5, 5.41) is 8.51. The van der Waals surface area contributed by atoms with Crippen LogP contribution in [0.2, 0.25) is 0 Å². The summed E-state index contributed by atoms with van der Waals surface area (Å²) in [5.74, 6) is 0.835. The number of hydrogen-bond donors (Lipinski definition) is 1. The van der Waals surface area contributed by atoms with E-state index < -0.39 is 0 Å². The van der Waals surface area contributed by atoms with Crippen LogP contribution < -0.4 is 0 Å². The highest BCUT2D eigenvalue weighted by Crippen LogP contribution is 2.12. The van der Waals surface area contributed by atoms with E-state index in [9.17, 15) is 9.59 Å². The Balaban J connectivity index is 2.48. The third kappa shape index (κ3) is 3.16. The molecule has 1 rings (SSSR count). The summed E-state index contributed by atoms with van der Waals surface area (Å²) >= 11 is 1.44. The number of carbonyl (C=O) groups excluding carboxylic acids is 2. The molecule has 0 aromatic heterocycles. The number of rotatable bonds is 4. The molecule has 0 aromatic carbocycles. The van der Waals surface area contributed by atoms with Gasteiger partial charge >= 0.3 is 0 Å². The second kappa shape index (κ2) is 4.99. The van der Waals surface area contributed by atoms with Crippen LogP contribution in [0.15, 0.2) is 23.8 Å². The Morgan fingerprint density at radius 3 is 2.77 bits per heavy atom. The fourth-order valence-corrected chi connectivity index (χ4v) is 1.63. The van der Waals surface area contributed by atoms with Gasteiger partial charge in [0.1, 0.15) is 0 Å². The zero-order chi connectivity index (χ0) is 9.68. The molecule has 13 heavy (non-hydrogen) atoms. The molecule has 1 N–H and O–H groups in total. The number of allylic oxidation sites excluding steroid dienone is 3. The Bertz CT molecular complexity index is 279. The summed E-state index contributed by atoms with van der Waals surface area (Å²) in [5.41, 5.74) is 0.519. The van der Waals surface area contributed by atoms with Crippen molar-refractivity contribution in [3.05, 3.63) is 23.8 Å². The fraction of sp³-hybridized carbons (Fsp3) is 0.333. The monoisotopic (exact) mass is 198 g/mol. The molecule has 0 fully saturated rings. The molecule has 0 amide bonds. The summed E-state index contributed by atoms with van der Waals surface area (Å²) in [7, 11) is 0. The van der Waals surface area contributed by atoms with E-state index in [2.05, 4.69) is 0 Å². The van der Waals surface area contributed by atoms with Crippen LogP contribution in [0.25, 0.3) is 0 Å². The first kappa shape index (κ1) is 10.2. The molecule has 0 radical (unpaired) electrons. The minimum atomic E-state index is -0.140. The van der Waals surface area contributed by atoms with Crippen LogP contribution in [0.5, 0.6) is 0 Å². The Hall–Kier alpha value is -0.870. The molecule has 70 valence electrons. The van der Waals surface area contributed by atoms with Gasteiger partial charge in [-0.15, -0.1) is 0 Å². The van der Waals surface area contributed by atoms with Crippen molar-refractivity contribution in [3.8, 4) is 0 Å². The van der Waals surface area contributed by atoms with E-state index in [1.165, 1.54) is 30.0 Å². The molecular weight excluding hydrogens is 188 g/mol. The molecule has 0 heterocycles. The fourth-order valence-electron chi connectivity index (χ4n) is 0.915. The van der Waals surface area contributed by atoms with Gasteiger partial charge in [0.15, 0.2) is 11.6 Å². The topological polar surface area (TPSA) is 54.4 Å². The van der Waals surface area contributed by atoms with E-state index in [0.717, 1.165) is 0 Å². The van der Waals surface area contributed by atoms with Gasteiger partial charge in [0.05, 0.1) is 6.61 Å². The predicted octanol–water partition coefficient (Wildman–Crippen LogP) is 0.346. The van der Waals surface area contributed by atoms with Crippen molar-refractivity contribution < 1.29 is 14.7 Å². The SMILES string of the molecule is O=C1C=CC(=O)C(CSCCO)=C1. The van der Waals surface area contributed by atoms with Crippen LogP contribution in [0.4, 0.5) is 0 Å². The van der Waals surface area contributed by atoms with Gasteiger partial charge in [-0.05, 0) is 18.2 Å². The van der Waals surface area contributed by atoms with Crippen LogP contribution in [0.3, 0.4) is 0 Å². The van der Waals surface area contributed by atoms with Crippen molar-refractivity contribution in [2.75, 3.05) is 18.1 Å². The number of aliphatic hydroxyl groups is 1. The van der Waals surface area contributed by atoms with Crippen molar-refractivity contribution >= 4 is 23.3 Å². The summed E-state index contributed by atoms with van der Waals surface area (Å²) in [4.78, 5) is 22.0. The summed E-state index contributed by atoms with van der Waals surface area (Å²) in [6, 6.07) is 0. The third-order valence-corrected chi connectivity index (χ3v) is 2.51. The largest absolute Gasteiger partial charge is 0.396 e. The molecule has 4 heteroatoms. The first-order valence-corrected chi connectivity index (χ1v) is 5.05. The van der Waals surface area contributed by atoms with E-state index >= 15 is 0 Å². The van der Waals surface area contributed by atoms with E-state index in [1.54, 1.807) is 0 Å². The standard InChI is InChI=1S/C9H10O3S/c10-3-4-13-6-7-5-8(11)1-2-9(7)12/h1-2,5,10H,3-4,6H2. The lowest BCUT2D eigenvalue weighted by atomic mass is 10.1. The molecule has 0 unspecified atom stereocenters. The summed E-state index contributed by atoms with van der Waals surface area (Å²) < 4.78 is 0. The third-order valence-electron chi connectivity index (χ3n) is 1.53. The Morgan fingerprint density at radius 2 is 2.08 bits per heavy atom. The Morgan fingerprint density at radius 1 is 1.31 bits per heavy atom. The molecular formula is C9H10O3S. The molecule has 1 aliphatic rings. The Labute approximate surface area is 80.5 Å². The van der Waals surface area contributed by atoms with E-state index in [1.807, 2.05) is 0 Å². The van der Waals surface area contributed by atoms with Crippen molar-refractivity contribution in [2.45, 2.75) is 0 Å². The molecule has 0 aliphatic heterocycles. The maximum atomic E-state index is 11.2. The van der Waals surface area contributed by atoms with Crippen LogP contribution >= 0.6 is 11.8 Å². The van der Waals surface area contributed by atoms with Crippen molar-refractivity contribution in [1.29, 1.82) is 0 Å². The van der Waals surface area contributed by atoms with Crippen LogP contribution in [0.1, 0.15) is 0 Å². The van der Waals surface area contributed by atoms with Gasteiger partial charge in [0.2, 0.25) is 0 Å². The van der Waals surface area contributed by atoms with E-state index in [4.69, 9.17) is 5.11 Å². The smallest absolute Gasteiger partial charge is 0.182 e. The van der Waals surface area contributed by atoms with Gasteiger partial charge in [-0.3, -0.25) is 9.59 Å². The highest BCUT2D eigenvalue weighted by atomic mass is 32.2. The number of thioether (sulfide) groups is 1. The molecule has 1 aliphatic carbocycles. The normalized spacial score (nSPS) is 16.2. The first-order chi connectivity index (χ1) is 6.24. The maximum absolute atomic E-state index is 11.2. The average molecular weight is 198 g/mol. The zero-order valence-corrected chi connectivity index (χ0v) is 7.84. The number of aliphatic hydroxyl groups excluding tert-OH is 1. The molecule has 0 saturated carbocycles. The maximum Gasteiger partial charge on any atom is 0.182 e. The highest BCUT2D eigenvalue weighted by Gasteiger charge is 2.12. The van der Waals surface area contributed by atoms with Gasteiger partial charge < -0.3 is 5.11 Å². The minimum absolute atomic E-state index is 0.0932. The van der Waals surface area contributed by atoms with Crippen molar-refractivity contribution in [2.24, 2.45) is 0 Å². The molecule has 0 spiro atoms. The van der Waals surface area contributed by atoms with Crippen molar-refractivity contribution in [3.63, 3.8) is 0 Å². The average Bonchev–Trinajstić information content (AvgIpc) is 2.11. The molecule has 0 bridgehead atoms. The highest BCUT2D eigenvalue weighted by molar-refractivity contribution is 7.99. The van der Waals surface area contributed by atoms with E-state index in [0.29, 0.717) is 17.1 Å². The molecule has 0 atom stereocenters. The first-order valence-electron chi connectivity index (χ1n) is 3.89. The van der Waals surface area contributed by atoms with Crippen LogP contribution in [-0.2, 0) is 9.59 Å². The van der Waals surface area contributed by atoms with Crippen LogP contribution in [-0.4, -0.2) is 34.8 Å². The zero-order valence-electron chi connectivity index (χ0n) is 7.03. The van der Waals surface area contributed by atoms with E-state index in [-0.39, 0.29) is 18.2 Å².